The molecule has 0 saturated heterocycles. The molecule has 18 heavy (non-hydrogen) atoms. The smallest absolute Gasteiger partial charge is 0.283 e. The number of nitrogens with two attached hydrogens (primary N) is 1. The summed E-state index contributed by atoms with van der Waals surface area (Å²) in [5.74, 6) is -0.518. The lowest BCUT2D eigenvalue weighted by atomic mass is 10.1. The molecule has 0 bridgehead atoms. The van der Waals surface area contributed by atoms with E-state index in [2.05, 4.69) is 5.32 Å². The molecule has 0 spiro atoms. The van der Waals surface area contributed by atoms with Crippen LogP contribution in [0.2, 0.25) is 5.02 Å². The molecule has 0 aliphatic rings. The van der Waals surface area contributed by atoms with Gasteiger partial charge >= 0.3 is 0 Å². The fraction of sp³-hybridized carbons (Fsp3) is 0.364. The highest BCUT2D eigenvalue weighted by Gasteiger charge is 2.21. The van der Waals surface area contributed by atoms with E-state index in [1.807, 2.05) is 6.92 Å². The van der Waals surface area contributed by atoms with Crippen molar-refractivity contribution in [3.05, 3.63) is 38.9 Å². The van der Waals surface area contributed by atoms with Gasteiger partial charge in [0.2, 0.25) is 0 Å². The fourth-order valence-corrected chi connectivity index (χ4v) is 1.61. The summed E-state index contributed by atoms with van der Waals surface area (Å²) in [5, 5.41) is 13.7. The van der Waals surface area contributed by atoms with E-state index in [9.17, 15) is 14.9 Å². The molecule has 98 valence electrons. The summed E-state index contributed by atoms with van der Waals surface area (Å²) in [4.78, 5) is 22.1. The summed E-state index contributed by atoms with van der Waals surface area (Å²) < 4.78 is 0. The lowest BCUT2D eigenvalue weighted by molar-refractivity contribution is -0.385. The molecule has 0 heterocycles. The van der Waals surface area contributed by atoms with Gasteiger partial charge in [-0.25, -0.2) is 0 Å². The second kappa shape index (κ2) is 6.32. The van der Waals surface area contributed by atoms with E-state index in [-0.39, 0.29) is 28.9 Å². The Morgan fingerprint density at radius 1 is 1.61 bits per heavy atom. The number of hydrogen-bond donors (Lipinski definition) is 2. The van der Waals surface area contributed by atoms with E-state index < -0.39 is 10.8 Å². The van der Waals surface area contributed by atoms with Crippen molar-refractivity contribution >= 4 is 23.2 Å². The number of hydrogen-bond acceptors (Lipinski definition) is 4. The first-order valence-corrected chi connectivity index (χ1v) is 5.82. The molecule has 1 unspecified atom stereocenters. The molecule has 0 fully saturated rings. The van der Waals surface area contributed by atoms with Crippen molar-refractivity contribution in [3.8, 4) is 0 Å². The standard InChI is InChI=1S/C11H14ClN3O3/c1-2-8(6-13)14-11(16)9-4-3-7(12)5-10(9)15(17)18/h3-5,8H,2,6,13H2,1H3,(H,14,16). The van der Waals surface area contributed by atoms with Crippen LogP contribution >= 0.6 is 11.6 Å². The quantitative estimate of drug-likeness (QED) is 0.629. The van der Waals surface area contributed by atoms with Crippen molar-refractivity contribution in [1.82, 2.24) is 5.32 Å². The lowest BCUT2D eigenvalue weighted by Gasteiger charge is -2.14. The third-order valence-corrected chi connectivity index (χ3v) is 2.75. The zero-order chi connectivity index (χ0) is 13.7. The first-order chi connectivity index (χ1) is 8.49. The maximum atomic E-state index is 11.9. The summed E-state index contributed by atoms with van der Waals surface area (Å²) in [6.45, 7) is 2.15. The lowest BCUT2D eigenvalue weighted by Crippen LogP contribution is -2.39. The third-order valence-electron chi connectivity index (χ3n) is 2.51. The largest absolute Gasteiger partial charge is 0.348 e. The number of nitro groups is 1. The number of amides is 1. The summed E-state index contributed by atoms with van der Waals surface area (Å²) in [5.41, 5.74) is 5.13. The molecule has 7 heteroatoms. The van der Waals surface area contributed by atoms with Crippen LogP contribution in [0.5, 0.6) is 0 Å². The fourth-order valence-electron chi connectivity index (χ4n) is 1.44. The van der Waals surface area contributed by atoms with Gasteiger partial charge in [0.25, 0.3) is 11.6 Å². The topological polar surface area (TPSA) is 98.3 Å². The van der Waals surface area contributed by atoms with Crippen molar-refractivity contribution < 1.29 is 9.72 Å². The van der Waals surface area contributed by atoms with Gasteiger partial charge in [-0.1, -0.05) is 18.5 Å². The Hall–Kier alpha value is -1.66. The Balaban J connectivity index is 3.02. The molecule has 0 aliphatic carbocycles. The minimum atomic E-state index is -0.635. The van der Waals surface area contributed by atoms with Crippen molar-refractivity contribution in [2.24, 2.45) is 5.73 Å². The summed E-state index contributed by atoms with van der Waals surface area (Å²) in [6, 6.07) is 3.72. The third kappa shape index (κ3) is 3.41. The van der Waals surface area contributed by atoms with Crippen molar-refractivity contribution in [1.29, 1.82) is 0 Å². The predicted molar refractivity (Wildman–Crippen MR) is 68.7 cm³/mol. The SMILES string of the molecule is CCC(CN)NC(=O)c1ccc(Cl)cc1[N+](=O)[O-]. The van der Waals surface area contributed by atoms with Crippen LogP contribution in [0.1, 0.15) is 23.7 Å². The van der Waals surface area contributed by atoms with Gasteiger partial charge in [-0.15, -0.1) is 0 Å². The maximum absolute atomic E-state index is 11.9. The second-order valence-electron chi connectivity index (χ2n) is 3.73. The van der Waals surface area contributed by atoms with Gasteiger partial charge in [0.15, 0.2) is 0 Å². The van der Waals surface area contributed by atoms with Crippen LogP contribution < -0.4 is 11.1 Å². The van der Waals surface area contributed by atoms with Crippen LogP contribution in [0.15, 0.2) is 18.2 Å². The molecular weight excluding hydrogens is 258 g/mol. The van der Waals surface area contributed by atoms with Gasteiger partial charge in [0.05, 0.1) is 4.92 Å². The molecule has 1 aromatic carbocycles. The number of rotatable bonds is 5. The molecule has 1 rings (SSSR count). The summed E-state index contributed by atoms with van der Waals surface area (Å²) in [6.07, 6.45) is 0.656. The molecule has 6 nitrogen and oxygen atoms in total. The van der Waals surface area contributed by atoms with Crippen molar-refractivity contribution in [2.45, 2.75) is 19.4 Å². The second-order valence-corrected chi connectivity index (χ2v) is 4.17. The molecule has 0 aliphatic heterocycles. The van der Waals surface area contributed by atoms with E-state index in [0.717, 1.165) is 6.07 Å². The minimum Gasteiger partial charge on any atom is -0.348 e. The van der Waals surface area contributed by atoms with Crippen molar-refractivity contribution in [2.75, 3.05) is 6.54 Å². The number of benzene rings is 1. The first-order valence-electron chi connectivity index (χ1n) is 5.44. The Labute approximate surface area is 109 Å². The summed E-state index contributed by atoms with van der Waals surface area (Å²) >= 11 is 5.67. The average molecular weight is 272 g/mol. The minimum absolute atomic E-state index is 0.0173. The Morgan fingerprint density at radius 2 is 2.28 bits per heavy atom. The highest BCUT2D eigenvalue weighted by Crippen LogP contribution is 2.23. The number of nitro benzene ring substituents is 1. The molecule has 1 atom stereocenters. The Kier molecular flexibility index (Phi) is 5.06. The number of nitrogens with one attached hydrogen (secondary N) is 1. The molecule has 1 amide bonds. The van der Waals surface area contributed by atoms with E-state index in [4.69, 9.17) is 17.3 Å². The van der Waals surface area contributed by atoms with Gasteiger partial charge in [-0.3, -0.25) is 14.9 Å². The van der Waals surface area contributed by atoms with Gasteiger partial charge in [-0.2, -0.15) is 0 Å². The first kappa shape index (κ1) is 14.4. The molecule has 1 aromatic rings. The molecular formula is C11H14ClN3O3. The number of carbonyl (C=O) groups is 1. The Bertz CT molecular complexity index is 461. The van der Waals surface area contributed by atoms with Gasteiger partial charge < -0.3 is 11.1 Å². The van der Waals surface area contributed by atoms with Crippen LogP contribution in [-0.2, 0) is 0 Å². The highest BCUT2D eigenvalue weighted by atomic mass is 35.5. The van der Waals surface area contributed by atoms with Crippen LogP contribution in [0.4, 0.5) is 5.69 Å². The van der Waals surface area contributed by atoms with Gasteiger partial charge in [0.1, 0.15) is 5.56 Å². The monoisotopic (exact) mass is 271 g/mol. The molecule has 0 aromatic heterocycles. The Morgan fingerprint density at radius 3 is 2.78 bits per heavy atom. The van der Waals surface area contributed by atoms with Crippen LogP contribution in [0.25, 0.3) is 0 Å². The highest BCUT2D eigenvalue weighted by molar-refractivity contribution is 6.31. The van der Waals surface area contributed by atoms with Gasteiger partial charge in [-0.05, 0) is 18.6 Å². The molecule has 3 N–H and O–H groups in total. The van der Waals surface area contributed by atoms with E-state index in [1.165, 1.54) is 12.1 Å². The van der Waals surface area contributed by atoms with E-state index in [0.29, 0.717) is 6.42 Å². The zero-order valence-corrected chi connectivity index (χ0v) is 10.6. The predicted octanol–water partition coefficient (Wildman–Crippen LogP) is 1.72. The normalized spacial score (nSPS) is 11.9. The van der Waals surface area contributed by atoms with Gasteiger partial charge in [0, 0.05) is 23.7 Å². The number of nitrogens with zero attached hydrogens (tertiary/aromatic N) is 1. The average Bonchev–Trinajstić information content (AvgIpc) is 2.35. The molecule has 0 radical (unpaired) electrons. The van der Waals surface area contributed by atoms with Crippen LogP contribution in [-0.4, -0.2) is 23.4 Å². The zero-order valence-electron chi connectivity index (χ0n) is 9.85. The molecule has 0 saturated carbocycles. The van der Waals surface area contributed by atoms with E-state index >= 15 is 0 Å². The van der Waals surface area contributed by atoms with Crippen LogP contribution in [0.3, 0.4) is 0 Å². The number of carbonyl (C=O) groups excluding carboxylic acids is 1. The van der Waals surface area contributed by atoms with E-state index in [1.54, 1.807) is 0 Å². The summed E-state index contributed by atoms with van der Waals surface area (Å²) in [7, 11) is 0. The maximum Gasteiger partial charge on any atom is 0.283 e. The number of halogens is 1. The van der Waals surface area contributed by atoms with Crippen molar-refractivity contribution in [3.63, 3.8) is 0 Å². The van der Waals surface area contributed by atoms with Crippen LogP contribution in [0, 0.1) is 10.1 Å².